The minimum absolute atomic E-state index is 0.00493. The summed E-state index contributed by atoms with van der Waals surface area (Å²) in [7, 11) is 1.57. The highest BCUT2D eigenvalue weighted by Gasteiger charge is 2.23. The molecule has 1 heterocycles. The number of benzene rings is 2. The van der Waals surface area contributed by atoms with Crippen molar-refractivity contribution >= 4 is 34.8 Å². The Morgan fingerprint density at radius 2 is 1.90 bits per heavy atom. The third kappa shape index (κ3) is 5.11. The van der Waals surface area contributed by atoms with E-state index in [0.717, 1.165) is 11.9 Å². The van der Waals surface area contributed by atoms with Crippen LogP contribution in [0.15, 0.2) is 54.9 Å². The first kappa shape index (κ1) is 20.8. The Bertz CT molecular complexity index is 1060. The third-order valence-electron chi connectivity index (χ3n) is 4.01. The van der Waals surface area contributed by atoms with Crippen molar-refractivity contribution in [3.8, 4) is 5.75 Å². The van der Waals surface area contributed by atoms with Crippen molar-refractivity contribution in [1.29, 1.82) is 0 Å². The monoisotopic (exact) mass is 428 g/mol. The summed E-state index contributed by atoms with van der Waals surface area (Å²) in [6, 6.07) is 13.5. The van der Waals surface area contributed by atoms with Gasteiger partial charge in [0.1, 0.15) is 12.1 Å². The Kier molecular flexibility index (Phi) is 6.60. The molecular weight excluding hydrogens is 412 g/mol. The minimum atomic E-state index is -0.635. The van der Waals surface area contributed by atoms with Crippen LogP contribution in [-0.4, -0.2) is 27.9 Å². The maximum Gasteiger partial charge on any atom is 0.354 e. The Balaban J connectivity index is 1.73. The topological polar surface area (TPSA) is 131 Å². The van der Waals surface area contributed by atoms with E-state index >= 15 is 0 Å². The minimum Gasteiger partial charge on any atom is -0.497 e. The van der Waals surface area contributed by atoms with Gasteiger partial charge in [-0.1, -0.05) is 29.8 Å². The van der Waals surface area contributed by atoms with Gasteiger partial charge in [-0.05, 0) is 35.9 Å². The maximum absolute atomic E-state index is 12.2. The van der Waals surface area contributed by atoms with Gasteiger partial charge in [-0.15, -0.1) is 0 Å². The molecule has 0 spiro atoms. The molecule has 0 aliphatic carbocycles. The molecule has 0 saturated heterocycles. The van der Waals surface area contributed by atoms with E-state index in [9.17, 15) is 14.9 Å². The molecule has 0 aliphatic heterocycles. The molecule has 1 amide bonds. The van der Waals surface area contributed by atoms with Gasteiger partial charge >= 0.3 is 5.69 Å². The highest BCUT2D eigenvalue weighted by Crippen LogP contribution is 2.28. The van der Waals surface area contributed by atoms with Gasteiger partial charge < -0.3 is 10.1 Å². The van der Waals surface area contributed by atoms with Gasteiger partial charge in [-0.25, -0.2) is 9.97 Å². The molecule has 3 rings (SSSR count). The average Bonchev–Trinajstić information content (AvgIpc) is 2.76. The zero-order chi connectivity index (χ0) is 21.5. The second kappa shape index (κ2) is 9.52. The number of hydrogen-bond acceptors (Lipinski definition) is 8. The second-order valence-corrected chi connectivity index (χ2v) is 6.40. The van der Waals surface area contributed by atoms with Gasteiger partial charge in [0, 0.05) is 17.1 Å². The zero-order valence-corrected chi connectivity index (χ0v) is 16.5. The van der Waals surface area contributed by atoms with Crippen molar-refractivity contribution in [1.82, 2.24) is 15.4 Å². The molecule has 2 aromatic carbocycles. The molecule has 30 heavy (non-hydrogen) atoms. The molecule has 0 unspecified atom stereocenters. The predicted molar refractivity (Wildman–Crippen MR) is 112 cm³/mol. The highest BCUT2D eigenvalue weighted by atomic mass is 35.5. The molecule has 154 valence electrons. The molecule has 0 fully saturated rings. The van der Waals surface area contributed by atoms with Crippen LogP contribution in [0.2, 0.25) is 5.02 Å². The normalized spacial score (nSPS) is 10.2. The largest absolute Gasteiger partial charge is 0.497 e. The van der Waals surface area contributed by atoms with Crippen LogP contribution in [0.3, 0.4) is 0 Å². The number of carbonyl (C=O) groups is 1. The van der Waals surface area contributed by atoms with E-state index < -0.39 is 16.5 Å². The molecule has 0 aliphatic rings. The van der Waals surface area contributed by atoms with Crippen LogP contribution in [0.4, 0.5) is 17.3 Å². The third-order valence-corrected chi connectivity index (χ3v) is 4.24. The van der Waals surface area contributed by atoms with Gasteiger partial charge in [-0.2, -0.15) is 0 Å². The number of rotatable bonds is 8. The number of nitrogens with zero attached hydrogens (tertiary/aromatic N) is 3. The number of methoxy groups -OCH3 is 1. The summed E-state index contributed by atoms with van der Waals surface area (Å²) in [4.78, 5) is 31.0. The number of ether oxygens (including phenoxy) is 1. The Morgan fingerprint density at radius 3 is 2.57 bits per heavy atom. The molecule has 0 bridgehead atoms. The molecule has 11 heteroatoms. The maximum atomic E-state index is 12.2. The first-order valence-corrected chi connectivity index (χ1v) is 9.04. The van der Waals surface area contributed by atoms with E-state index in [1.807, 2.05) is 12.1 Å². The van der Waals surface area contributed by atoms with Crippen LogP contribution in [0.25, 0.3) is 0 Å². The fraction of sp³-hybridized carbons (Fsp3) is 0.105. The molecule has 0 saturated carbocycles. The first-order valence-electron chi connectivity index (χ1n) is 8.66. The van der Waals surface area contributed by atoms with Crippen molar-refractivity contribution in [2.24, 2.45) is 0 Å². The first-order chi connectivity index (χ1) is 14.5. The van der Waals surface area contributed by atoms with E-state index in [2.05, 4.69) is 26.1 Å². The molecule has 0 radical (unpaired) electrons. The Labute approximate surface area is 176 Å². The van der Waals surface area contributed by atoms with E-state index in [0.29, 0.717) is 10.8 Å². The molecule has 10 nitrogen and oxygen atoms in total. The number of carbonyl (C=O) groups excluding carboxylic acids is 1. The number of anilines is 2. The quantitative estimate of drug-likeness (QED) is 0.367. The molecule has 3 N–H and O–H groups in total. The van der Waals surface area contributed by atoms with Gasteiger partial charge in [0.25, 0.3) is 5.91 Å². The molecule has 0 atom stereocenters. The molecule has 3 aromatic rings. The Hall–Kier alpha value is -3.92. The van der Waals surface area contributed by atoms with Crippen LogP contribution in [0.5, 0.6) is 5.75 Å². The van der Waals surface area contributed by atoms with Crippen LogP contribution in [-0.2, 0) is 6.54 Å². The lowest BCUT2D eigenvalue weighted by Crippen LogP contribution is -2.30. The smallest absolute Gasteiger partial charge is 0.354 e. The van der Waals surface area contributed by atoms with Crippen LogP contribution in [0.1, 0.15) is 15.9 Å². The summed E-state index contributed by atoms with van der Waals surface area (Å²) >= 11 is 5.87. The lowest BCUT2D eigenvalue weighted by atomic mass is 10.2. The number of hydrazine groups is 1. The average molecular weight is 429 g/mol. The van der Waals surface area contributed by atoms with Gasteiger partial charge in [0.05, 0.1) is 12.0 Å². The van der Waals surface area contributed by atoms with Crippen molar-refractivity contribution in [3.05, 3.63) is 81.1 Å². The van der Waals surface area contributed by atoms with E-state index in [1.165, 1.54) is 6.07 Å². The number of amides is 1. The Morgan fingerprint density at radius 1 is 1.17 bits per heavy atom. The van der Waals surface area contributed by atoms with Crippen molar-refractivity contribution in [3.63, 3.8) is 0 Å². The van der Waals surface area contributed by atoms with Crippen molar-refractivity contribution in [2.75, 3.05) is 17.9 Å². The summed E-state index contributed by atoms with van der Waals surface area (Å²) in [5.41, 5.74) is 5.59. The number of nitro groups is 1. The van der Waals surface area contributed by atoms with Gasteiger partial charge in [0.2, 0.25) is 11.6 Å². The highest BCUT2D eigenvalue weighted by molar-refractivity contribution is 6.30. The van der Waals surface area contributed by atoms with Crippen LogP contribution in [0, 0.1) is 10.1 Å². The van der Waals surface area contributed by atoms with E-state index in [-0.39, 0.29) is 23.7 Å². The fourth-order valence-corrected chi connectivity index (χ4v) is 2.71. The summed E-state index contributed by atoms with van der Waals surface area (Å²) in [5, 5.41) is 14.9. The fourth-order valence-electron chi connectivity index (χ4n) is 2.52. The summed E-state index contributed by atoms with van der Waals surface area (Å²) in [6.45, 7) is 0.288. The van der Waals surface area contributed by atoms with Crippen LogP contribution >= 0.6 is 11.6 Å². The molecule has 1 aromatic heterocycles. The number of hydrogen-bond donors (Lipinski definition) is 3. The lowest BCUT2D eigenvalue weighted by Gasteiger charge is -2.11. The van der Waals surface area contributed by atoms with E-state index in [4.69, 9.17) is 16.3 Å². The second-order valence-electron chi connectivity index (χ2n) is 5.97. The van der Waals surface area contributed by atoms with Gasteiger partial charge in [0.15, 0.2) is 0 Å². The summed E-state index contributed by atoms with van der Waals surface area (Å²) in [5.74, 6) is 0.0137. The SMILES string of the molecule is COc1ccc(CNc2ncnc(NNC(=O)c3cccc(Cl)c3)c2[N+](=O)[O-])cc1. The number of aromatic nitrogens is 2. The number of halogens is 1. The van der Waals surface area contributed by atoms with Crippen molar-refractivity contribution < 1.29 is 14.5 Å². The summed E-state index contributed by atoms with van der Waals surface area (Å²) < 4.78 is 5.10. The number of nitrogens with one attached hydrogen (secondary N) is 3. The molecular formula is C19H17ClN6O4. The zero-order valence-electron chi connectivity index (χ0n) is 15.8. The van der Waals surface area contributed by atoms with Crippen LogP contribution < -0.4 is 20.9 Å². The standard InChI is InChI=1S/C19H17ClN6O4/c1-30-15-7-5-12(6-8-15)10-21-17-16(26(28)29)18(23-11-22-17)24-25-19(27)13-3-2-4-14(20)9-13/h2-9,11H,10H2,1H3,(H,25,27)(H2,21,22,23,24). The summed E-state index contributed by atoms with van der Waals surface area (Å²) in [6.07, 6.45) is 1.15. The van der Waals surface area contributed by atoms with Crippen molar-refractivity contribution in [2.45, 2.75) is 6.54 Å². The predicted octanol–water partition coefficient (Wildman–Crippen LogP) is 3.42. The lowest BCUT2D eigenvalue weighted by molar-refractivity contribution is -0.383. The van der Waals surface area contributed by atoms with E-state index in [1.54, 1.807) is 37.4 Å². The van der Waals surface area contributed by atoms with Gasteiger partial charge in [-0.3, -0.25) is 25.8 Å².